The highest BCUT2D eigenvalue weighted by molar-refractivity contribution is 5.74. The lowest BCUT2D eigenvalue weighted by Crippen LogP contribution is -2.45. The Kier molecular flexibility index (Phi) is 4.25. The number of aryl methyl sites for hydroxylation is 1. The molecule has 0 spiro atoms. The smallest absolute Gasteiger partial charge is 0.310 e. The van der Waals surface area contributed by atoms with E-state index < -0.39 is 11.4 Å². The van der Waals surface area contributed by atoms with Gasteiger partial charge in [0, 0.05) is 13.1 Å². The van der Waals surface area contributed by atoms with Crippen LogP contribution in [0.5, 0.6) is 0 Å². The predicted octanol–water partition coefficient (Wildman–Crippen LogP) is 2.94. The zero-order valence-electron chi connectivity index (χ0n) is 11.9. The largest absolute Gasteiger partial charge is 0.481 e. The Morgan fingerprint density at radius 1 is 1.32 bits per heavy atom. The van der Waals surface area contributed by atoms with E-state index in [1.165, 1.54) is 11.1 Å². The van der Waals surface area contributed by atoms with Crippen molar-refractivity contribution in [2.45, 2.75) is 39.7 Å². The van der Waals surface area contributed by atoms with E-state index in [-0.39, 0.29) is 0 Å². The number of hydrogen-bond acceptors (Lipinski definition) is 2. The molecule has 0 saturated carbocycles. The van der Waals surface area contributed by atoms with Crippen molar-refractivity contribution >= 4 is 5.97 Å². The Labute approximate surface area is 115 Å². The zero-order chi connectivity index (χ0) is 13.9. The fraction of sp³-hybridized carbons (Fsp3) is 0.562. The molecule has 1 atom stereocenters. The van der Waals surface area contributed by atoms with Crippen LogP contribution < -0.4 is 0 Å². The number of rotatable bonds is 4. The van der Waals surface area contributed by atoms with Crippen molar-refractivity contribution in [2.75, 3.05) is 13.1 Å². The van der Waals surface area contributed by atoms with Crippen molar-refractivity contribution in [1.29, 1.82) is 0 Å². The minimum atomic E-state index is -0.668. The van der Waals surface area contributed by atoms with Gasteiger partial charge in [-0.15, -0.1) is 0 Å². The highest BCUT2D eigenvalue weighted by Gasteiger charge is 2.37. The molecule has 104 valence electrons. The molecular formula is C16H23NO2. The van der Waals surface area contributed by atoms with Gasteiger partial charge in [0.05, 0.1) is 5.41 Å². The zero-order valence-corrected chi connectivity index (χ0v) is 11.9. The molecule has 0 aliphatic carbocycles. The summed E-state index contributed by atoms with van der Waals surface area (Å²) in [5.74, 6) is -0.668. The molecule has 1 N–H and O–H groups in total. The number of carboxylic acid groups (broad SMARTS) is 1. The van der Waals surface area contributed by atoms with Gasteiger partial charge < -0.3 is 5.11 Å². The molecule has 1 unspecified atom stereocenters. The Balaban J connectivity index is 2.00. The SMILES string of the molecule is CCc1ccc(CN2CCCC(C)(C(=O)O)C2)cc1. The number of benzene rings is 1. The van der Waals surface area contributed by atoms with Gasteiger partial charge in [0.15, 0.2) is 0 Å². The number of piperidine rings is 1. The molecular weight excluding hydrogens is 238 g/mol. The third kappa shape index (κ3) is 3.35. The van der Waals surface area contributed by atoms with Crippen LogP contribution in [0.2, 0.25) is 0 Å². The molecule has 0 bridgehead atoms. The van der Waals surface area contributed by atoms with Crippen LogP contribution in [0.25, 0.3) is 0 Å². The number of carbonyl (C=O) groups is 1. The molecule has 1 fully saturated rings. The third-order valence-corrected chi connectivity index (χ3v) is 4.13. The second-order valence-corrected chi connectivity index (χ2v) is 5.85. The molecule has 3 nitrogen and oxygen atoms in total. The summed E-state index contributed by atoms with van der Waals surface area (Å²) in [6.07, 6.45) is 2.81. The van der Waals surface area contributed by atoms with Gasteiger partial charge in [-0.05, 0) is 43.9 Å². The van der Waals surface area contributed by atoms with Crippen LogP contribution in [-0.4, -0.2) is 29.1 Å². The Hall–Kier alpha value is -1.35. The second-order valence-electron chi connectivity index (χ2n) is 5.85. The van der Waals surface area contributed by atoms with E-state index in [4.69, 9.17) is 0 Å². The van der Waals surface area contributed by atoms with Crippen LogP contribution in [0.3, 0.4) is 0 Å². The lowest BCUT2D eigenvalue weighted by Gasteiger charge is -2.37. The molecule has 19 heavy (non-hydrogen) atoms. The summed E-state index contributed by atoms with van der Waals surface area (Å²) in [5, 5.41) is 9.32. The van der Waals surface area contributed by atoms with Crippen LogP contribution in [0.1, 0.15) is 37.8 Å². The van der Waals surface area contributed by atoms with Crippen LogP contribution >= 0.6 is 0 Å². The molecule has 0 radical (unpaired) electrons. The van der Waals surface area contributed by atoms with Crippen molar-refractivity contribution < 1.29 is 9.90 Å². The van der Waals surface area contributed by atoms with E-state index in [9.17, 15) is 9.90 Å². The van der Waals surface area contributed by atoms with Crippen molar-refractivity contribution in [3.05, 3.63) is 35.4 Å². The lowest BCUT2D eigenvalue weighted by atomic mass is 9.82. The Bertz CT molecular complexity index is 441. The predicted molar refractivity (Wildman–Crippen MR) is 76.1 cm³/mol. The minimum absolute atomic E-state index is 0.582. The first-order valence-corrected chi connectivity index (χ1v) is 7.07. The Morgan fingerprint density at radius 2 is 1.95 bits per heavy atom. The third-order valence-electron chi connectivity index (χ3n) is 4.13. The molecule has 3 heteroatoms. The van der Waals surface area contributed by atoms with E-state index in [0.717, 1.165) is 32.4 Å². The summed E-state index contributed by atoms with van der Waals surface area (Å²) in [4.78, 5) is 13.6. The average molecular weight is 261 g/mol. The fourth-order valence-corrected chi connectivity index (χ4v) is 2.79. The van der Waals surface area contributed by atoms with Gasteiger partial charge in [-0.1, -0.05) is 31.2 Å². The fourth-order valence-electron chi connectivity index (χ4n) is 2.79. The number of likely N-dealkylation sites (tertiary alicyclic amines) is 1. The number of carboxylic acids is 1. The summed E-state index contributed by atoms with van der Waals surface area (Å²) in [6.45, 7) is 6.52. The Morgan fingerprint density at radius 3 is 2.53 bits per heavy atom. The molecule has 1 aromatic carbocycles. The van der Waals surface area contributed by atoms with Gasteiger partial charge in [-0.25, -0.2) is 0 Å². The van der Waals surface area contributed by atoms with E-state index in [2.05, 4.69) is 36.1 Å². The molecule has 2 rings (SSSR count). The first-order valence-electron chi connectivity index (χ1n) is 7.07. The minimum Gasteiger partial charge on any atom is -0.481 e. The molecule has 1 saturated heterocycles. The molecule has 1 heterocycles. The molecule has 1 aromatic rings. The maximum absolute atomic E-state index is 11.3. The molecule has 1 aliphatic rings. The first-order chi connectivity index (χ1) is 9.03. The van der Waals surface area contributed by atoms with Crippen molar-refractivity contribution in [3.63, 3.8) is 0 Å². The number of nitrogens with zero attached hydrogens (tertiary/aromatic N) is 1. The summed E-state index contributed by atoms with van der Waals surface area (Å²) in [5.41, 5.74) is 2.03. The van der Waals surface area contributed by atoms with Crippen molar-refractivity contribution in [2.24, 2.45) is 5.41 Å². The van der Waals surface area contributed by atoms with Gasteiger partial charge in [-0.2, -0.15) is 0 Å². The number of aliphatic carboxylic acids is 1. The lowest BCUT2D eigenvalue weighted by molar-refractivity contribution is -0.151. The quantitative estimate of drug-likeness (QED) is 0.906. The van der Waals surface area contributed by atoms with Gasteiger partial charge in [-0.3, -0.25) is 9.69 Å². The normalized spacial score (nSPS) is 24.3. The maximum atomic E-state index is 11.3. The summed E-state index contributed by atoms with van der Waals surface area (Å²) in [7, 11) is 0. The van der Waals surface area contributed by atoms with E-state index in [1.54, 1.807) is 0 Å². The topological polar surface area (TPSA) is 40.5 Å². The van der Waals surface area contributed by atoms with Crippen molar-refractivity contribution in [3.8, 4) is 0 Å². The standard InChI is InChI=1S/C16H23NO2/c1-3-13-5-7-14(8-6-13)11-17-10-4-9-16(2,12-17)15(18)19/h5-8H,3-4,9-12H2,1-2H3,(H,18,19). The van der Waals surface area contributed by atoms with Crippen LogP contribution in [0, 0.1) is 5.41 Å². The number of hydrogen-bond donors (Lipinski definition) is 1. The molecule has 1 aliphatic heterocycles. The van der Waals surface area contributed by atoms with E-state index in [1.807, 2.05) is 6.92 Å². The first kappa shape index (κ1) is 14.1. The van der Waals surface area contributed by atoms with E-state index >= 15 is 0 Å². The molecule has 0 aromatic heterocycles. The monoisotopic (exact) mass is 261 g/mol. The van der Waals surface area contributed by atoms with Gasteiger partial charge in [0.2, 0.25) is 0 Å². The maximum Gasteiger partial charge on any atom is 0.310 e. The van der Waals surface area contributed by atoms with Crippen LogP contribution in [0.15, 0.2) is 24.3 Å². The van der Waals surface area contributed by atoms with E-state index in [0.29, 0.717) is 6.54 Å². The van der Waals surface area contributed by atoms with Crippen LogP contribution in [-0.2, 0) is 17.8 Å². The van der Waals surface area contributed by atoms with Gasteiger partial charge in [0.25, 0.3) is 0 Å². The summed E-state index contributed by atoms with van der Waals surface area (Å²) in [6, 6.07) is 8.64. The average Bonchev–Trinajstić information content (AvgIpc) is 2.39. The highest BCUT2D eigenvalue weighted by Crippen LogP contribution is 2.30. The van der Waals surface area contributed by atoms with Gasteiger partial charge >= 0.3 is 5.97 Å². The van der Waals surface area contributed by atoms with Crippen molar-refractivity contribution in [1.82, 2.24) is 4.90 Å². The summed E-state index contributed by atoms with van der Waals surface area (Å²) < 4.78 is 0. The van der Waals surface area contributed by atoms with Crippen LogP contribution in [0.4, 0.5) is 0 Å². The summed E-state index contributed by atoms with van der Waals surface area (Å²) >= 11 is 0. The highest BCUT2D eigenvalue weighted by atomic mass is 16.4. The molecule has 0 amide bonds. The second kappa shape index (κ2) is 5.74. The van der Waals surface area contributed by atoms with Gasteiger partial charge in [0.1, 0.15) is 0 Å².